The first-order valence-corrected chi connectivity index (χ1v) is 11.0. The van der Waals surface area contributed by atoms with Gasteiger partial charge in [-0.2, -0.15) is 21.6 Å². The maximum Gasteiger partial charge on any atom is 0.406 e. The Morgan fingerprint density at radius 3 is 2.66 bits per heavy atom. The van der Waals surface area contributed by atoms with Gasteiger partial charge in [0.15, 0.2) is 5.84 Å². The molecule has 0 N–H and O–H groups in total. The molecule has 2 aliphatic heterocycles. The van der Waals surface area contributed by atoms with Gasteiger partial charge in [-0.1, -0.05) is 26.0 Å². The number of carbonyl (C=O) groups excluding carboxylic acids is 1. The Balaban J connectivity index is 1.81. The fraction of sp³-hybridized carbons (Fsp3) is 0.579. The van der Waals surface area contributed by atoms with Crippen LogP contribution in [0.2, 0.25) is 0 Å². The van der Waals surface area contributed by atoms with Crippen LogP contribution in [0.25, 0.3) is 0 Å². The van der Waals surface area contributed by atoms with E-state index in [-0.39, 0.29) is 29.7 Å². The summed E-state index contributed by atoms with van der Waals surface area (Å²) in [5.74, 6) is -1.01. The number of likely N-dealkylation sites (tertiary alicyclic amines) is 1. The van der Waals surface area contributed by atoms with Crippen molar-refractivity contribution in [3.8, 4) is 0 Å². The zero-order valence-corrected chi connectivity index (χ0v) is 17.1. The van der Waals surface area contributed by atoms with Crippen LogP contribution in [-0.4, -0.2) is 62.3 Å². The highest BCUT2D eigenvalue weighted by molar-refractivity contribution is 7.90. The first-order valence-electron chi connectivity index (χ1n) is 9.53. The molecule has 2 aliphatic rings. The van der Waals surface area contributed by atoms with Crippen molar-refractivity contribution < 1.29 is 26.4 Å². The van der Waals surface area contributed by atoms with Crippen LogP contribution in [0.3, 0.4) is 0 Å². The third-order valence-corrected chi connectivity index (χ3v) is 6.28. The molecule has 2 heterocycles. The number of hydrogen-bond acceptors (Lipinski definition) is 4. The van der Waals surface area contributed by atoms with Gasteiger partial charge in [0.1, 0.15) is 11.4 Å². The van der Waals surface area contributed by atoms with Crippen LogP contribution in [0.15, 0.2) is 33.6 Å². The molecule has 0 aliphatic carbocycles. The summed E-state index contributed by atoms with van der Waals surface area (Å²) in [4.78, 5) is 15.6. The topological polar surface area (TPSA) is 70.1 Å². The predicted octanol–water partition coefficient (Wildman–Crippen LogP) is 2.89. The Morgan fingerprint density at radius 2 is 2.00 bits per heavy atom. The maximum atomic E-state index is 13.0. The molecule has 1 atom stereocenters. The van der Waals surface area contributed by atoms with Crippen LogP contribution in [0.5, 0.6) is 0 Å². The summed E-state index contributed by atoms with van der Waals surface area (Å²) in [5.41, 5.74) is 0.468. The minimum atomic E-state index is -4.47. The number of hydrogen-bond donors (Lipinski definition) is 0. The van der Waals surface area contributed by atoms with Gasteiger partial charge in [0, 0.05) is 25.2 Å². The minimum absolute atomic E-state index is 0.0208. The van der Waals surface area contributed by atoms with Crippen molar-refractivity contribution in [3.05, 3.63) is 29.8 Å². The fourth-order valence-corrected chi connectivity index (χ4v) is 5.06. The summed E-state index contributed by atoms with van der Waals surface area (Å²) < 4.78 is 67.4. The second-order valence-electron chi connectivity index (χ2n) is 7.90. The number of rotatable bonds is 4. The number of sulfonamides is 1. The average Bonchev–Trinajstić information content (AvgIpc) is 2.91. The van der Waals surface area contributed by atoms with Crippen molar-refractivity contribution in [1.29, 1.82) is 0 Å². The van der Waals surface area contributed by atoms with Gasteiger partial charge in [-0.25, -0.2) is 0 Å². The molecule has 1 saturated heterocycles. The lowest BCUT2D eigenvalue weighted by Gasteiger charge is -2.36. The van der Waals surface area contributed by atoms with E-state index in [0.717, 1.165) is 4.90 Å². The van der Waals surface area contributed by atoms with Crippen LogP contribution in [0.4, 0.5) is 13.2 Å². The summed E-state index contributed by atoms with van der Waals surface area (Å²) in [7, 11) is -3.80. The Morgan fingerprint density at radius 1 is 1.31 bits per heavy atom. The lowest BCUT2D eigenvalue weighted by Crippen LogP contribution is -2.49. The molecule has 6 nitrogen and oxygen atoms in total. The monoisotopic (exact) mass is 431 g/mol. The van der Waals surface area contributed by atoms with Crippen LogP contribution in [-0.2, 0) is 14.8 Å². The number of amides is 1. The summed E-state index contributed by atoms with van der Waals surface area (Å²) >= 11 is 0. The molecule has 29 heavy (non-hydrogen) atoms. The minimum Gasteiger partial charge on any atom is -0.355 e. The SMILES string of the molecule is CC(C)CN(CC(F)(F)F)C(=O)[C@@H]1CCCN(C2=NS(=O)(=O)c3ccccc32)C1. The van der Waals surface area contributed by atoms with Crippen LogP contribution < -0.4 is 0 Å². The Hall–Kier alpha value is -2.10. The fourth-order valence-electron chi connectivity index (χ4n) is 3.84. The van der Waals surface area contributed by atoms with Crippen molar-refractivity contribution in [3.63, 3.8) is 0 Å². The molecule has 0 saturated carbocycles. The van der Waals surface area contributed by atoms with Gasteiger partial charge in [0.25, 0.3) is 10.0 Å². The Labute approximate surface area is 168 Å². The lowest BCUT2D eigenvalue weighted by molar-refractivity contribution is -0.165. The quantitative estimate of drug-likeness (QED) is 0.735. The van der Waals surface area contributed by atoms with E-state index >= 15 is 0 Å². The van der Waals surface area contributed by atoms with Gasteiger partial charge >= 0.3 is 6.18 Å². The first-order chi connectivity index (χ1) is 13.5. The lowest BCUT2D eigenvalue weighted by atomic mass is 9.95. The van der Waals surface area contributed by atoms with Crippen molar-refractivity contribution in [2.75, 3.05) is 26.2 Å². The number of carbonyl (C=O) groups is 1. The van der Waals surface area contributed by atoms with E-state index in [0.29, 0.717) is 24.9 Å². The molecular formula is C19H24F3N3O3S. The van der Waals surface area contributed by atoms with Crippen molar-refractivity contribution in [2.24, 2.45) is 16.2 Å². The van der Waals surface area contributed by atoms with Gasteiger partial charge in [0.2, 0.25) is 5.91 Å². The molecule has 1 fully saturated rings. The number of amidine groups is 1. The second-order valence-corrected chi connectivity index (χ2v) is 9.47. The van der Waals surface area contributed by atoms with Crippen LogP contribution >= 0.6 is 0 Å². The van der Waals surface area contributed by atoms with E-state index < -0.39 is 34.6 Å². The number of alkyl halides is 3. The zero-order chi connectivity index (χ0) is 21.4. The zero-order valence-electron chi connectivity index (χ0n) is 16.3. The summed E-state index contributed by atoms with van der Waals surface area (Å²) in [5, 5.41) is 0. The van der Waals surface area contributed by atoms with Gasteiger partial charge in [-0.05, 0) is 30.9 Å². The van der Waals surface area contributed by atoms with E-state index in [4.69, 9.17) is 0 Å². The molecule has 3 rings (SSSR count). The second kappa shape index (κ2) is 7.97. The molecule has 0 radical (unpaired) electrons. The third kappa shape index (κ3) is 4.91. The highest BCUT2D eigenvalue weighted by atomic mass is 32.2. The van der Waals surface area contributed by atoms with E-state index in [2.05, 4.69) is 4.40 Å². The molecule has 1 amide bonds. The highest BCUT2D eigenvalue weighted by Gasteiger charge is 2.39. The molecule has 0 unspecified atom stereocenters. The van der Waals surface area contributed by atoms with Gasteiger partial charge in [-0.3, -0.25) is 4.79 Å². The molecule has 10 heteroatoms. The Bertz CT molecular complexity index is 913. The number of nitrogens with zero attached hydrogens (tertiary/aromatic N) is 3. The van der Waals surface area contributed by atoms with Gasteiger partial charge < -0.3 is 9.80 Å². The number of fused-ring (bicyclic) bond motifs is 1. The maximum absolute atomic E-state index is 13.0. The molecule has 0 spiro atoms. The van der Waals surface area contributed by atoms with E-state index in [1.54, 1.807) is 36.9 Å². The summed E-state index contributed by atoms with van der Waals surface area (Å²) in [6.07, 6.45) is -3.44. The van der Waals surface area contributed by atoms with Crippen LogP contribution in [0, 0.1) is 11.8 Å². The summed E-state index contributed by atoms with van der Waals surface area (Å²) in [6, 6.07) is 6.44. The average molecular weight is 431 g/mol. The highest BCUT2D eigenvalue weighted by Crippen LogP contribution is 2.30. The van der Waals surface area contributed by atoms with E-state index in [1.165, 1.54) is 6.07 Å². The predicted molar refractivity (Wildman–Crippen MR) is 102 cm³/mol. The smallest absolute Gasteiger partial charge is 0.355 e. The number of piperidine rings is 1. The third-order valence-electron chi connectivity index (χ3n) is 4.95. The molecule has 160 valence electrons. The molecular weight excluding hydrogens is 407 g/mol. The molecule has 0 bridgehead atoms. The standard InChI is InChI=1S/C19H24F3N3O3S/c1-13(2)10-25(12-19(20,21)22)18(26)14-6-5-9-24(11-14)17-15-7-3-4-8-16(15)29(27,28)23-17/h3-4,7-8,13-14H,5-6,9-12H2,1-2H3/t14-/m1/s1. The van der Waals surface area contributed by atoms with E-state index in [9.17, 15) is 26.4 Å². The molecule has 0 aromatic heterocycles. The summed E-state index contributed by atoms with van der Waals surface area (Å²) in [6.45, 7) is 2.91. The Kier molecular flexibility index (Phi) is 5.93. The first kappa shape index (κ1) is 21.6. The molecule has 1 aromatic carbocycles. The normalized spacial score (nSPS) is 21.1. The number of benzene rings is 1. The van der Waals surface area contributed by atoms with Crippen LogP contribution in [0.1, 0.15) is 32.3 Å². The largest absolute Gasteiger partial charge is 0.406 e. The van der Waals surface area contributed by atoms with E-state index in [1.807, 2.05) is 0 Å². The van der Waals surface area contributed by atoms with Crippen molar-refractivity contribution >= 4 is 21.8 Å². The van der Waals surface area contributed by atoms with Gasteiger partial charge in [-0.15, -0.1) is 4.40 Å². The van der Waals surface area contributed by atoms with Crippen molar-refractivity contribution in [1.82, 2.24) is 9.80 Å². The molecule has 1 aromatic rings. The van der Waals surface area contributed by atoms with Crippen molar-refractivity contribution in [2.45, 2.75) is 37.8 Å². The number of halogens is 3. The van der Waals surface area contributed by atoms with Gasteiger partial charge in [0.05, 0.1) is 5.92 Å².